The number of anilines is 1. The van der Waals surface area contributed by atoms with E-state index in [1.807, 2.05) is 6.07 Å². The summed E-state index contributed by atoms with van der Waals surface area (Å²) in [5.41, 5.74) is 7.31. The largest absolute Gasteiger partial charge is 0.465 e. The van der Waals surface area contributed by atoms with Gasteiger partial charge in [0.25, 0.3) is 0 Å². The van der Waals surface area contributed by atoms with Gasteiger partial charge in [0.05, 0.1) is 19.2 Å². The Kier molecular flexibility index (Phi) is 3.04. The zero-order valence-corrected chi connectivity index (χ0v) is 9.33. The fourth-order valence-corrected chi connectivity index (χ4v) is 1.59. The van der Waals surface area contributed by atoms with E-state index >= 15 is 0 Å². The molecule has 2 N–H and O–H groups in total. The predicted molar refractivity (Wildman–Crippen MR) is 61.3 cm³/mol. The molecule has 0 bridgehead atoms. The highest BCUT2D eigenvalue weighted by atomic mass is 16.5. The van der Waals surface area contributed by atoms with E-state index in [2.05, 4.69) is 10.1 Å². The normalized spacial score (nSPS) is 10.2. The number of hydrogen-bond acceptors (Lipinski definition) is 5. The average Bonchev–Trinajstić information content (AvgIpc) is 2.81. The van der Waals surface area contributed by atoms with E-state index in [0.717, 1.165) is 5.56 Å². The lowest BCUT2D eigenvalue weighted by Gasteiger charge is -2.10. The van der Waals surface area contributed by atoms with Gasteiger partial charge < -0.3 is 10.5 Å². The standard InChI is InChI=1S/C11H12N4O2/c1-17-11(16)10-8(3-2-4-9(10)12)5-15-7-13-6-14-15/h2-4,6-7H,5,12H2,1H3. The first-order valence-corrected chi connectivity index (χ1v) is 5.00. The zero-order chi connectivity index (χ0) is 12.3. The second-order valence-corrected chi connectivity index (χ2v) is 3.47. The minimum Gasteiger partial charge on any atom is -0.465 e. The Morgan fingerprint density at radius 2 is 2.35 bits per heavy atom. The van der Waals surface area contributed by atoms with Crippen molar-refractivity contribution in [3.05, 3.63) is 42.0 Å². The minimum absolute atomic E-state index is 0.380. The molecule has 0 saturated carbocycles. The van der Waals surface area contributed by atoms with Gasteiger partial charge >= 0.3 is 5.97 Å². The number of nitrogens with zero attached hydrogens (tertiary/aromatic N) is 3. The third-order valence-corrected chi connectivity index (χ3v) is 2.37. The zero-order valence-electron chi connectivity index (χ0n) is 9.33. The lowest BCUT2D eigenvalue weighted by Crippen LogP contribution is -2.12. The Balaban J connectivity index is 2.39. The Bertz CT molecular complexity index is 522. The molecule has 0 aliphatic carbocycles. The van der Waals surface area contributed by atoms with Gasteiger partial charge in [-0.25, -0.2) is 14.5 Å². The number of methoxy groups -OCH3 is 1. The summed E-state index contributed by atoms with van der Waals surface area (Å²) in [6.07, 6.45) is 3.01. The summed E-state index contributed by atoms with van der Waals surface area (Å²) in [6, 6.07) is 5.26. The molecule has 1 aromatic heterocycles. The average molecular weight is 232 g/mol. The topological polar surface area (TPSA) is 83.0 Å². The van der Waals surface area contributed by atoms with Gasteiger partial charge in [-0.15, -0.1) is 0 Å². The maximum Gasteiger partial charge on any atom is 0.340 e. The van der Waals surface area contributed by atoms with Crippen LogP contribution >= 0.6 is 0 Å². The summed E-state index contributed by atoms with van der Waals surface area (Å²) in [7, 11) is 1.33. The molecule has 0 unspecified atom stereocenters. The number of esters is 1. The molecular weight excluding hydrogens is 220 g/mol. The van der Waals surface area contributed by atoms with Crippen molar-refractivity contribution in [1.29, 1.82) is 0 Å². The molecule has 6 heteroatoms. The monoisotopic (exact) mass is 232 g/mol. The van der Waals surface area contributed by atoms with Crippen LogP contribution in [0, 0.1) is 0 Å². The van der Waals surface area contributed by atoms with Crippen molar-refractivity contribution >= 4 is 11.7 Å². The van der Waals surface area contributed by atoms with Crippen LogP contribution in [0.4, 0.5) is 5.69 Å². The maximum absolute atomic E-state index is 11.6. The highest BCUT2D eigenvalue weighted by molar-refractivity contribution is 5.96. The van der Waals surface area contributed by atoms with Gasteiger partial charge in [-0.05, 0) is 11.6 Å². The lowest BCUT2D eigenvalue weighted by molar-refractivity contribution is 0.0600. The van der Waals surface area contributed by atoms with Crippen molar-refractivity contribution in [3.63, 3.8) is 0 Å². The summed E-state index contributed by atoms with van der Waals surface area (Å²) in [6.45, 7) is 0.426. The molecule has 0 aliphatic heterocycles. The lowest BCUT2D eigenvalue weighted by atomic mass is 10.1. The van der Waals surface area contributed by atoms with E-state index in [-0.39, 0.29) is 0 Å². The van der Waals surface area contributed by atoms with Gasteiger partial charge in [-0.3, -0.25) is 0 Å². The molecule has 0 spiro atoms. The summed E-state index contributed by atoms with van der Waals surface area (Å²) < 4.78 is 6.33. The number of carbonyl (C=O) groups excluding carboxylic acids is 1. The van der Waals surface area contributed by atoms with Crippen molar-refractivity contribution < 1.29 is 9.53 Å². The smallest absolute Gasteiger partial charge is 0.340 e. The molecule has 0 radical (unpaired) electrons. The summed E-state index contributed by atoms with van der Waals surface area (Å²) in [5.74, 6) is -0.446. The highest BCUT2D eigenvalue weighted by Crippen LogP contribution is 2.18. The number of hydrogen-bond donors (Lipinski definition) is 1. The Morgan fingerprint density at radius 1 is 1.53 bits per heavy atom. The van der Waals surface area contributed by atoms with Gasteiger partial charge in [-0.1, -0.05) is 12.1 Å². The van der Waals surface area contributed by atoms with Crippen LogP contribution in [0.5, 0.6) is 0 Å². The molecule has 88 valence electrons. The second-order valence-electron chi connectivity index (χ2n) is 3.47. The number of benzene rings is 1. The van der Waals surface area contributed by atoms with Crippen LogP contribution in [-0.4, -0.2) is 27.8 Å². The van der Waals surface area contributed by atoms with Crippen LogP contribution < -0.4 is 5.73 Å². The van der Waals surface area contributed by atoms with E-state index in [9.17, 15) is 4.79 Å². The molecule has 0 amide bonds. The fourth-order valence-electron chi connectivity index (χ4n) is 1.59. The predicted octanol–water partition coefficient (Wildman–Crippen LogP) is 0.695. The molecule has 0 saturated heterocycles. The molecule has 2 aromatic rings. The number of aromatic nitrogens is 3. The highest BCUT2D eigenvalue weighted by Gasteiger charge is 2.15. The number of nitrogen functional groups attached to an aromatic ring is 1. The summed E-state index contributed by atoms with van der Waals surface area (Å²) in [5, 5.41) is 3.98. The number of carbonyl (C=O) groups is 1. The maximum atomic E-state index is 11.6. The number of ether oxygens (including phenoxy) is 1. The van der Waals surface area contributed by atoms with E-state index in [1.165, 1.54) is 13.4 Å². The van der Waals surface area contributed by atoms with Crippen molar-refractivity contribution in [2.45, 2.75) is 6.54 Å². The van der Waals surface area contributed by atoms with E-state index in [1.54, 1.807) is 23.1 Å². The molecule has 0 fully saturated rings. The van der Waals surface area contributed by atoms with Gasteiger partial charge in [0.1, 0.15) is 12.7 Å². The van der Waals surface area contributed by atoms with Crippen LogP contribution in [0.15, 0.2) is 30.9 Å². The molecule has 17 heavy (non-hydrogen) atoms. The first-order valence-electron chi connectivity index (χ1n) is 5.00. The third-order valence-electron chi connectivity index (χ3n) is 2.37. The van der Waals surface area contributed by atoms with Crippen LogP contribution in [0.1, 0.15) is 15.9 Å². The van der Waals surface area contributed by atoms with E-state index in [4.69, 9.17) is 10.5 Å². The Hall–Kier alpha value is -2.37. The van der Waals surface area contributed by atoms with Crippen molar-refractivity contribution in [3.8, 4) is 0 Å². The fraction of sp³-hybridized carbons (Fsp3) is 0.182. The summed E-state index contributed by atoms with van der Waals surface area (Å²) in [4.78, 5) is 15.5. The molecule has 0 atom stereocenters. The van der Waals surface area contributed by atoms with Crippen molar-refractivity contribution in [2.75, 3.05) is 12.8 Å². The van der Waals surface area contributed by atoms with Crippen LogP contribution in [0.3, 0.4) is 0 Å². The van der Waals surface area contributed by atoms with E-state index in [0.29, 0.717) is 17.8 Å². The number of rotatable bonds is 3. The second kappa shape index (κ2) is 4.65. The van der Waals surface area contributed by atoms with Crippen LogP contribution in [-0.2, 0) is 11.3 Å². The minimum atomic E-state index is -0.446. The van der Waals surface area contributed by atoms with Gasteiger partial charge in [-0.2, -0.15) is 5.10 Å². The Labute approximate surface area is 98.0 Å². The van der Waals surface area contributed by atoms with E-state index < -0.39 is 5.97 Å². The van der Waals surface area contributed by atoms with Crippen molar-refractivity contribution in [1.82, 2.24) is 14.8 Å². The molecular formula is C11H12N4O2. The Morgan fingerprint density at radius 3 is 3.00 bits per heavy atom. The molecule has 6 nitrogen and oxygen atoms in total. The molecule has 2 rings (SSSR count). The third kappa shape index (κ3) is 2.25. The van der Waals surface area contributed by atoms with Crippen LogP contribution in [0.2, 0.25) is 0 Å². The SMILES string of the molecule is COC(=O)c1c(N)cccc1Cn1cncn1. The first kappa shape index (κ1) is 11.1. The molecule has 1 heterocycles. The summed E-state index contributed by atoms with van der Waals surface area (Å²) >= 11 is 0. The van der Waals surface area contributed by atoms with Gasteiger partial charge in [0.15, 0.2) is 0 Å². The quantitative estimate of drug-likeness (QED) is 0.622. The molecule has 0 aliphatic rings. The number of nitrogens with two attached hydrogens (primary N) is 1. The first-order chi connectivity index (χ1) is 8.22. The van der Waals surface area contributed by atoms with Crippen LogP contribution in [0.25, 0.3) is 0 Å². The molecule has 1 aromatic carbocycles. The van der Waals surface area contributed by atoms with Gasteiger partial charge in [0.2, 0.25) is 0 Å². The van der Waals surface area contributed by atoms with Gasteiger partial charge in [0, 0.05) is 5.69 Å². The van der Waals surface area contributed by atoms with Crippen molar-refractivity contribution in [2.24, 2.45) is 0 Å².